The smallest absolute Gasteiger partial charge is 0.261 e. The summed E-state index contributed by atoms with van der Waals surface area (Å²) in [7, 11) is -3.76. The second-order valence-corrected chi connectivity index (χ2v) is 9.12. The summed E-state index contributed by atoms with van der Waals surface area (Å²) in [6.07, 6.45) is 2.60. The Kier molecular flexibility index (Phi) is 4.71. The molecule has 0 unspecified atom stereocenters. The van der Waals surface area contributed by atoms with E-state index in [0.717, 1.165) is 30.4 Å². The average molecular weight is 398 g/mol. The molecule has 0 aromatic heterocycles. The minimum absolute atomic E-state index is 0.0159. The normalized spacial score (nSPS) is 16.4. The molecule has 1 amide bonds. The number of Topliss-reactive ketones (excluding diaryl/α,β-unsaturated/α-hetero) is 1. The lowest BCUT2D eigenvalue weighted by Gasteiger charge is -2.28. The zero-order valence-electron chi connectivity index (χ0n) is 15.6. The fourth-order valence-corrected chi connectivity index (χ4v) is 4.58. The second-order valence-electron chi connectivity index (χ2n) is 7.44. The first-order valence-electron chi connectivity index (χ1n) is 9.38. The number of carbonyl (C=O) groups excluding carboxylic acids is 2. The first-order chi connectivity index (χ1) is 13.3. The third-order valence-corrected chi connectivity index (χ3v) is 6.69. The third-order valence-electron chi connectivity index (χ3n) is 5.32. The van der Waals surface area contributed by atoms with Gasteiger partial charge in [-0.15, -0.1) is 0 Å². The summed E-state index contributed by atoms with van der Waals surface area (Å²) in [5.41, 5.74) is 2.95. The highest BCUT2D eigenvalue weighted by atomic mass is 32.2. The van der Waals surface area contributed by atoms with Crippen LogP contribution in [-0.4, -0.2) is 31.6 Å². The molecule has 0 atom stereocenters. The lowest BCUT2D eigenvalue weighted by Crippen LogP contribution is -2.34. The molecule has 2 aliphatic rings. The number of nitrogens with zero attached hydrogens (tertiary/aromatic N) is 1. The van der Waals surface area contributed by atoms with Crippen LogP contribution in [-0.2, 0) is 27.8 Å². The van der Waals surface area contributed by atoms with E-state index >= 15 is 0 Å². The lowest BCUT2D eigenvalue weighted by atomic mass is 10.00. The molecule has 0 radical (unpaired) electrons. The van der Waals surface area contributed by atoms with Gasteiger partial charge in [-0.25, -0.2) is 8.42 Å². The van der Waals surface area contributed by atoms with Gasteiger partial charge < -0.3 is 4.90 Å². The van der Waals surface area contributed by atoms with Crippen LogP contribution in [0.4, 0.5) is 5.69 Å². The quantitative estimate of drug-likeness (QED) is 0.785. The molecule has 0 saturated heterocycles. The van der Waals surface area contributed by atoms with E-state index in [9.17, 15) is 18.0 Å². The molecule has 6 nitrogen and oxygen atoms in total. The van der Waals surface area contributed by atoms with Crippen molar-refractivity contribution < 1.29 is 18.0 Å². The maximum atomic E-state index is 12.8. The van der Waals surface area contributed by atoms with Gasteiger partial charge in [0.25, 0.3) is 10.0 Å². The van der Waals surface area contributed by atoms with E-state index in [0.29, 0.717) is 24.3 Å². The first kappa shape index (κ1) is 18.7. The van der Waals surface area contributed by atoms with Gasteiger partial charge in [-0.1, -0.05) is 6.07 Å². The first-order valence-corrected chi connectivity index (χ1v) is 10.9. The van der Waals surface area contributed by atoms with Crippen molar-refractivity contribution in [2.24, 2.45) is 5.92 Å². The van der Waals surface area contributed by atoms with Gasteiger partial charge in [0.1, 0.15) is 0 Å². The van der Waals surface area contributed by atoms with Crippen LogP contribution in [0.25, 0.3) is 0 Å². The Morgan fingerprint density at radius 3 is 2.39 bits per heavy atom. The van der Waals surface area contributed by atoms with Gasteiger partial charge in [0.2, 0.25) is 5.91 Å². The Labute approximate surface area is 164 Å². The van der Waals surface area contributed by atoms with E-state index in [1.54, 1.807) is 41.3 Å². The van der Waals surface area contributed by atoms with Crippen LogP contribution in [0, 0.1) is 5.92 Å². The van der Waals surface area contributed by atoms with Crippen molar-refractivity contribution >= 4 is 27.4 Å². The number of carbonyl (C=O) groups is 2. The summed E-state index contributed by atoms with van der Waals surface area (Å²) in [6, 6.07) is 11.6. The highest BCUT2D eigenvalue weighted by molar-refractivity contribution is 7.92. The molecule has 146 valence electrons. The van der Waals surface area contributed by atoms with Crippen molar-refractivity contribution in [1.29, 1.82) is 0 Å². The van der Waals surface area contributed by atoms with Gasteiger partial charge in [0.05, 0.1) is 4.90 Å². The van der Waals surface area contributed by atoms with Gasteiger partial charge in [0, 0.05) is 37.2 Å². The number of hydrogen-bond acceptors (Lipinski definition) is 4. The Morgan fingerprint density at radius 2 is 1.75 bits per heavy atom. The Balaban J connectivity index is 1.53. The molecular formula is C21H22N2O4S. The third kappa shape index (κ3) is 3.80. The van der Waals surface area contributed by atoms with Crippen molar-refractivity contribution in [1.82, 2.24) is 4.90 Å². The fraction of sp³-hybridized carbons (Fsp3) is 0.333. The molecule has 28 heavy (non-hydrogen) atoms. The SMILES string of the molecule is CC(=O)N1CCc2ccc(S(=O)(=O)Nc3ccc(C(=O)C4CC4)cc3)cc2C1. The molecule has 1 saturated carbocycles. The molecule has 1 heterocycles. The van der Waals surface area contributed by atoms with Crippen LogP contribution in [0.5, 0.6) is 0 Å². The molecular weight excluding hydrogens is 376 g/mol. The topological polar surface area (TPSA) is 83.6 Å². The van der Waals surface area contributed by atoms with Crippen molar-refractivity contribution in [3.8, 4) is 0 Å². The molecule has 4 rings (SSSR count). The predicted octanol–water partition coefficient (Wildman–Crippen LogP) is 2.98. The molecule has 0 spiro atoms. The molecule has 2 aromatic carbocycles. The Morgan fingerprint density at radius 1 is 1.04 bits per heavy atom. The monoisotopic (exact) mass is 398 g/mol. The molecule has 1 fully saturated rings. The fourth-order valence-electron chi connectivity index (χ4n) is 3.47. The molecule has 0 bridgehead atoms. The standard InChI is InChI=1S/C21H22N2O4S/c1-14(24)23-11-10-15-6-9-20(12-18(15)13-23)28(26,27)22-19-7-4-17(5-8-19)21(25)16-2-3-16/h4-9,12,16,22H,2-3,10-11,13H2,1H3. The van der Waals surface area contributed by atoms with E-state index < -0.39 is 10.0 Å². The van der Waals surface area contributed by atoms with Crippen LogP contribution in [0.1, 0.15) is 41.3 Å². The highest BCUT2D eigenvalue weighted by Gasteiger charge is 2.30. The van der Waals surface area contributed by atoms with Crippen molar-refractivity contribution in [2.45, 2.75) is 37.6 Å². The minimum atomic E-state index is -3.76. The maximum absolute atomic E-state index is 12.8. The summed E-state index contributed by atoms with van der Waals surface area (Å²) in [4.78, 5) is 25.6. The number of sulfonamides is 1. The zero-order valence-corrected chi connectivity index (χ0v) is 16.5. The number of nitrogens with one attached hydrogen (secondary N) is 1. The number of benzene rings is 2. The van der Waals surface area contributed by atoms with Crippen LogP contribution in [0.15, 0.2) is 47.4 Å². The number of ketones is 1. The summed E-state index contributed by atoms with van der Waals surface area (Å²) < 4.78 is 28.1. The molecule has 2 aromatic rings. The van der Waals surface area contributed by atoms with E-state index in [-0.39, 0.29) is 22.5 Å². The van der Waals surface area contributed by atoms with Crippen LogP contribution in [0.3, 0.4) is 0 Å². The van der Waals surface area contributed by atoms with Gasteiger partial charge in [-0.3, -0.25) is 14.3 Å². The van der Waals surface area contributed by atoms with Crippen LogP contribution in [0.2, 0.25) is 0 Å². The summed E-state index contributed by atoms with van der Waals surface area (Å²) in [5.74, 6) is 0.240. The molecule has 1 aliphatic carbocycles. The van der Waals surface area contributed by atoms with Gasteiger partial charge >= 0.3 is 0 Å². The van der Waals surface area contributed by atoms with Gasteiger partial charge in [0.15, 0.2) is 5.78 Å². The second kappa shape index (κ2) is 7.05. The summed E-state index contributed by atoms with van der Waals surface area (Å²) >= 11 is 0. The van der Waals surface area contributed by atoms with Crippen molar-refractivity contribution in [3.05, 3.63) is 59.2 Å². The van der Waals surface area contributed by atoms with Crippen molar-refractivity contribution in [3.63, 3.8) is 0 Å². The van der Waals surface area contributed by atoms with E-state index in [2.05, 4.69) is 4.72 Å². The molecule has 7 heteroatoms. The molecule has 1 aliphatic heterocycles. The van der Waals surface area contributed by atoms with Gasteiger partial charge in [-0.2, -0.15) is 0 Å². The maximum Gasteiger partial charge on any atom is 0.261 e. The number of fused-ring (bicyclic) bond motifs is 1. The van der Waals surface area contributed by atoms with Crippen LogP contribution >= 0.6 is 0 Å². The Hall–Kier alpha value is -2.67. The number of rotatable bonds is 5. The molecule has 1 N–H and O–H groups in total. The summed E-state index contributed by atoms with van der Waals surface area (Å²) in [6.45, 7) is 2.59. The largest absolute Gasteiger partial charge is 0.338 e. The van der Waals surface area contributed by atoms with E-state index in [1.165, 1.54) is 6.92 Å². The van der Waals surface area contributed by atoms with Crippen LogP contribution < -0.4 is 4.72 Å². The minimum Gasteiger partial charge on any atom is -0.338 e. The lowest BCUT2D eigenvalue weighted by molar-refractivity contribution is -0.129. The van der Waals surface area contributed by atoms with E-state index in [1.807, 2.05) is 6.07 Å². The summed E-state index contributed by atoms with van der Waals surface area (Å²) in [5, 5.41) is 0. The zero-order chi connectivity index (χ0) is 19.9. The van der Waals surface area contributed by atoms with E-state index in [4.69, 9.17) is 0 Å². The number of hydrogen-bond donors (Lipinski definition) is 1. The number of amides is 1. The van der Waals surface area contributed by atoms with Crippen molar-refractivity contribution in [2.75, 3.05) is 11.3 Å². The number of anilines is 1. The van der Waals surface area contributed by atoms with Gasteiger partial charge in [-0.05, 0) is 66.8 Å². The average Bonchev–Trinajstić information content (AvgIpc) is 3.52. The Bertz CT molecular complexity index is 1040. The highest BCUT2D eigenvalue weighted by Crippen LogP contribution is 2.33. The predicted molar refractivity (Wildman–Crippen MR) is 106 cm³/mol.